The number of ether oxygens (including phenoxy) is 1. The molecule has 0 radical (unpaired) electrons. The highest BCUT2D eigenvalue weighted by Crippen LogP contribution is 2.31. The van der Waals surface area contributed by atoms with E-state index in [1.807, 2.05) is 78.9 Å². The van der Waals surface area contributed by atoms with Crippen LogP contribution in [0.15, 0.2) is 91.3 Å². The van der Waals surface area contributed by atoms with Crippen LogP contribution >= 0.6 is 0 Å². The topological polar surface area (TPSA) is 84.3 Å². The lowest BCUT2D eigenvalue weighted by molar-refractivity contribution is -0.137. The summed E-state index contributed by atoms with van der Waals surface area (Å²) in [5, 5.41) is 12.7. The Morgan fingerprint density at radius 3 is 2.34 bits per heavy atom. The molecule has 1 heterocycles. The standard InChI is InChI=1S/C26H23N3O3/c1-32-24-10-6-5-9-21(24)19-11-13-20(14-12-19)22-16-25(28-17-27-22)29-23(26(30)31)15-18-7-3-2-4-8-18/h2-14,16-17,23H,15H2,1H3,(H,30,31)(H,27,28,29). The molecule has 6 nitrogen and oxygen atoms in total. The summed E-state index contributed by atoms with van der Waals surface area (Å²) in [6, 6.07) is 26.3. The maximum atomic E-state index is 11.8. The number of nitrogens with one attached hydrogen (secondary N) is 1. The van der Waals surface area contributed by atoms with E-state index in [0.717, 1.165) is 28.0 Å². The number of para-hydroxylation sites is 1. The summed E-state index contributed by atoms with van der Waals surface area (Å²) in [4.78, 5) is 20.3. The van der Waals surface area contributed by atoms with Crippen LogP contribution in [-0.2, 0) is 11.2 Å². The predicted molar refractivity (Wildman–Crippen MR) is 125 cm³/mol. The van der Waals surface area contributed by atoms with Gasteiger partial charge < -0.3 is 15.2 Å². The number of methoxy groups -OCH3 is 1. The number of carboxylic acids is 1. The van der Waals surface area contributed by atoms with Crippen LogP contribution in [0.2, 0.25) is 0 Å². The zero-order chi connectivity index (χ0) is 22.3. The van der Waals surface area contributed by atoms with Crippen molar-refractivity contribution in [2.45, 2.75) is 12.5 Å². The number of carboxylic acid groups (broad SMARTS) is 1. The lowest BCUT2D eigenvalue weighted by atomic mass is 10.0. The second-order valence-electron chi connectivity index (χ2n) is 7.29. The number of aromatic nitrogens is 2. The molecule has 0 bridgehead atoms. The molecule has 1 unspecified atom stereocenters. The number of carbonyl (C=O) groups is 1. The van der Waals surface area contributed by atoms with Gasteiger partial charge in [0, 0.05) is 23.6 Å². The fourth-order valence-electron chi connectivity index (χ4n) is 3.53. The maximum Gasteiger partial charge on any atom is 0.326 e. The van der Waals surface area contributed by atoms with Crippen LogP contribution in [0.25, 0.3) is 22.4 Å². The van der Waals surface area contributed by atoms with Gasteiger partial charge in [0.2, 0.25) is 0 Å². The van der Waals surface area contributed by atoms with Crippen molar-refractivity contribution in [1.82, 2.24) is 9.97 Å². The largest absolute Gasteiger partial charge is 0.496 e. The minimum absolute atomic E-state index is 0.350. The number of rotatable bonds is 8. The van der Waals surface area contributed by atoms with Crippen molar-refractivity contribution in [2.75, 3.05) is 12.4 Å². The monoisotopic (exact) mass is 425 g/mol. The lowest BCUT2D eigenvalue weighted by Gasteiger charge is -2.15. The quantitative estimate of drug-likeness (QED) is 0.417. The molecule has 4 rings (SSSR count). The molecule has 3 aromatic carbocycles. The Morgan fingerprint density at radius 2 is 1.62 bits per heavy atom. The molecule has 6 heteroatoms. The molecule has 0 aliphatic heterocycles. The average Bonchev–Trinajstić information content (AvgIpc) is 2.84. The van der Waals surface area contributed by atoms with Gasteiger partial charge in [-0.3, -0.25) is 0 Å². The van der Waals surface area contributed by atoms with E-state index in [9.17, 15) is 9.90 Å². The zero-order valence-electron chi connectivity index (χ0n) is 17.6. The molecule has 2 N–H and O–H groups in total. The summed E-state index contributed by atoms with van der Waals surface area (Å²) in [6.07, 6.45) is 1.79. The van der Waals surface area contributed by atoms with E-state index in [1.54, 1.807) is 13.2 Å². The number of anilines is 1. The molecular weight excluding hydrogens is 402 g/mol. The van der Waals surface area contributed by atoms with Gasteiger partial charge >= 0.3 is 5.97 Å². The minimum Gasteiger partial charge on any atom is -0.496 e. The Balaban J connectivity index is 1.54. The van der Waals surface area contributed by atoms with Crippen LogP contribution in [0, 0.1) is 0 Å². The minimum atomic E-state index is -0.935. The molecule has 0 saturated heterocycles. The molecule has 0 amide bonds. The Kier molecular flexibility index (Phi) is 6.41. The molecule has 0 fully saturated rings. The SMILES string of the molecule is COc1ccccc1-c1ccc(-c2cc(NC(Cc3ccccc3)C(=O)O)ncn2)cc1. The number of nitrogens with zero attached hydrogens (tertiary/aromatic N) is 2. The van der Waals surface area contributed by atoms with Gasteiger partial charge in [-0.05, 0) is 17.2 Å². The first-order valence-electron chi connectivity index (χ1n) is 10.2. The third-order valence-corrected chi connectivity index (χ3v) is 5.17. The lowest BCUT2D eigenvalue weighted by Crippen LogP contribution is -2.31. The molecule has 0 saturated carbocycles. The van der Waals surface area contributed by atoms with Crippen molar-refractivity contribution in [3.63, 3.8) is 0 Å². The summed E-state index contributed by atoms with van der Waals surface area (Å²) >= 11 is 0. The van der Waals surface area contributed by atoms with E-state index in [2.05, 4.69) is 15.3 Å². The van der Waals surface area contributed by atoms with Crippen LogP contribution in [0.3, 0.4) is 0 Å². The Hall–Kier alpha value is -4.19. The van der Waals surface area contributed by atoms with Crippen molar-refractivity contribution in [2.24, 2.45) is 0 Å². The molecule has 160 valence electrons. The third-order valence-electron chi connectivity index (χ3n) is 5.17. The van der Waals surface area contributed by atoms with Crippen molar-refractivity contribution >= 4 is 11.8 Å². The first-order chi connectivity index (χ1) is 15.6. The number of hydrogen-bond acceptors (Lipinski definition) is 5. The van der Waals surface area contributed by atoms with E-state index >= 15 is 0 Å². The molecule has 1 aromatic heterocycles. The highest BCUT2D eigenvalue weighted by molar-refractivity contribution is 5.78. The van der Waals surface area contributed by atoms with Gasteiger partial charge in [0.25, 0.3) is 0 Å². The van der Waals surface area contributed by atoms with Crippen LogP contribution < -0.4 is 10.1 Å². The van der Waals surface area contributed by atoms with Gasteiger partial charge in [0.05, 0.1) is 12.8 Å². The second kappa shape index (κ2) is 9.75. The first-order valence-corrected chi connectivity index (χ1v) is 10.2. The summed E-state index contributed by atoms with van der Waals surface area (Å²) in [6.45, 7) is 0. The highest BCUT2D eigenvalue weighted by atomic mass is 16.5. The van der Waals surface area contributed by atoms with Gasteiger partial charge in [-0.15, -0.1) is 0 Å². The number of aliphatic carboxylic acids is 1. The van der Waals surface area contributed by atoms with Gasteiger partial charge in [-0.25, -0.2) is 14.8 Å². The van der Waals surface area contributed by atoms with E-state index in [1.165, 1.54) is 6.33 Å². The molecule has 1 atom stereocenters. The van der Waals surface area contributed by atoms with Gasteiger partial charge in [-0.2, -0.15) is 0 Å². The Morgan fingerprint density at radius 1 is 0.938 bits per heavy atom. The highest BCUT2D eigenvalue weighted by Gasteiger charge is 2.18. The molecule has 32 heavy (non-hydrogen) atoms. The Labute approximate surface area is 186 Å². The van der Waals surface area contributed by atoms with Crippen molar-refractivity contribution in [3.8, 4) is 28.1 Å². The van der Waals surface area contributed by atoms with Crippen molar-refractivity contribution < 1.29 is 14.6 Å². The van der Waals surface area contributed by atoms with Gasteiger partial charge in [0.1, 0.15) is 23.9 Å². The van der Waals surface area contributed by atoms with E-state index in [4.69, 9.17) is 4.74 Å². The summed E-state index contributed by atoms with van der Waals surface area (Å²) in [5.74, 6) is 0.342. The summed E-state index contributed by atoms with van der Waals surface area (Å²) < 4.78 is 5.45. The van der Waals surface area contributed by atoms with Crippen LogP contribution in [0.5, 0.6) is 5.75 Å². The maximum absolute atomic E-state index is 11.8. The smallest absolute Gasteiger partial charge is 0.326 e. The molecule has 0 aliphatic carbocycles. The van der Waals surface area contributed by atoms with Gasteiger partial charge in [0.15, 0.2) is 0 Å². The zero-order valence-corrected chi connectivity index (χ0v) is 17.6. The van der Waals surface area contributed by atoms with E-state index in [0.29, 0.717) is 17.9 Å². The van der Waals surface area contributed by atoms with Crippen LogP contribution in [0.1, 0.15) is 5.56 Å². The van der Waals surface area contributed by atoms with Crippen LogP contribution in [0.4, 0.5) is 5.82 Å². The molecule has 0 aliphatic rings. The summed E-state index contributed by atoms with van der Waals surface area (Å²) in [5.41, 5.74) is 4.60. The Bertz CT molecular complexity index is 1190. The first kappa shape index (κ1) is 21.1. The average molecular weight is 425 g/mol. The number of hydrogen-bond donors (Lipinski definition) is 2. The third kappa shape index (κ3) is 4.92. The van der Waals surface area contributed by atoms with Crippen molar-refractivity contribution in [1.29, 1.82) is 0 Å². The van der Waals surface area contributed by atoms with Crippen molar-refractivity contribution in [3.05, 3.63) is 96.8 Å². The summed E-state index contributed by atoms with van der Waals surface area (Å²) in [7, 11) is 1.66. The molecule has 4 aromatic rings. The van der Waals surface area contributed by atoms with Crippen LogP contribution in [-0.4, -0.2) is 34.2 Å². The fraction of sp³-hybridized carbons (Fsp3) is 0.115. The normalized spacial score (nSPS) is 11.5. The van der Waals surface area contributed by atoms with Gasteiger partial charge in [-0.1, -0.05) is 72.8 Å². The molecular formula is C26H23N3O3. The number of benzene rings is 3. The second-order valence-corrected chi connectivity index (χ2v) is 7.29. The van der Waals surface area contributed by atoms with E-state index < -0.39 is 12.0 Å². The fourth-order valence-corrected chi connectivity index (χ4v) is 3.53. The predicted octanol–water partition coefficient (Wildman–Crippen LogP) is 4.93. The molecule has 0 spiro atoms. The van der Waals surface area contributed by atoms with E-state index in [-0.39, 0.29) is 0 Å².